The molecule has 8 heteroatoms. The van der Waals surface area contributed by atoms with Gasteiger partial charge in [0.1, 0.15) is 12.4 Å². The van der Waals surface area contributed by atoms with Crippen LogP contribution in [0.4, 0.5) is 14.9 Å². The zero-order chi connectivity index (χ0) is 24.1. The molecule has 7 nitrogen and oxygen atoms in total. The van der Waals surface area contributed by atoms with E-state index in [1.165, 1.54) is 6.08 Å². The zero-order valence-electron chi connectivity index (χ0n) is 18.0. The van der Waals surface area contributed by atoms with E-state index in [0.717, 1.165) is 46.5 Å². The lowest BCUT2D eigenvalue weighted by Gasteiger charge is -2.14. The van der Waals surface area contributed by atoms with E-state index in [9.17, 15) is 18.8 Å². The van der Waals surface area contributed by atoms with Crippen LogP contribution in [0.2, 0.25) is 0 Å². The number of hydrogen-bond acceptors (Lipinski definition) is 4. The SMILES string of the molecule is O=C(/C=C/CNC(=O)OCC1c2ccccc2-c2ccccc21)Nc1cc(F)cc(C(=O)O)c1. The molecule has 4 rings (SSSR count). The third-order valence-corrected chi connectivity index (χ3v) is 5.39. The molecule has 1 aliphatic carbocycles. The third kappa shape index (κ3) is 5.12. The van der Waals surface area contributed by atoms with Crippen LogP contribution in [0.3, 0.4) is 0 Å². The fourth-order valence-corrected chi connectivity index (χ4v) is 3.93. The topological polar surface area (TPSA) is 105 Å². The number of hydrogen-bond donors (Lipinski definition) is 3. The van der Waals surface area contributed by atoms with Crippen LogP contribution in [0, 0.1) is 5.82 Å². The number of carbonyl (C=O) groups is 3. The average molecular weight is 460 g/mol. The summed E-state index contributed by atoms with van der Waals surface area (Å²) in [6.45, 7) is 0.211. The van der Waals surface area contributed by atoms with Crippen molar-refractivity contribution >= 4 is 23.7 Å². The standard InChI is InChI=1S/C26H21FN2O5/c27-17-12-16(25(31)32)13-18(14-17)29-24(30)10-5-11-28-26(33)34-15-23-21-8-3-1-6-19(21)20-7-2-4-9-22(20)23/h1-10,12-14,23H,11,15H2,(H,28,33)(H,29,30)(H,31,32)/b10-5+. The Kier molecular flexibility index (Phi) is 6.68. The van der Waals surface area contributed by atoms with E-state index in [1.54, 1.807) is 0 Å². The first-order valence-electron chi connectivity index (χ1n) is 10.5. The molecule has 3 aromatic rings. The number of carbonyl (C=O) groups excluding carboxylic acids is 2. The molecule has 0 fully saturated rings. The monoisotopic (exact) mass is 460 g/mol. The Hall–Kier alpha value is -4.46. The molecule has 34 heavy (non-hydrogen) atoms. The average Bonchev–Trinajstić information content (AvgIpc) is 3.14. The van der Waals surface area contributed by atoms with Crippen molar-refractivity contribution in [2.45, 2.75) is 5.92 Å². The minimum Gasteiger partial charge on any atom is -0.478 e. The summed E-state index contributed by atoms with van der Waals surface area (Å²) in [5, 5.41) is 13.9. The fraction of sp³-hybridized carbons (Fsp3) is 0.115. The number of carboxylic acid groups (broad SMARTS) is 1. The van der Waals surface area contributed by atoms with E-state index in [-0.39, 0.29) is 30.3 Å². The highest BCUT2D eigenvalue weighted by molar-refractivity contribution is 6.00. The molecule has 0 unspecified atom stereocenters. The summed E-state index contributed by atoms with van der Waals surface area (Å²) in [6.07, 6.45) is 1.92. The van der Waals surface area contributed by atoms with Crippen molar-refractivity contribution < 1.29 is 28.6 Å². The summed E-state index contributed by atoms with van der Waals surface area (Å²) in [7, 11) is 0. The number of halogens is 1. The van der Waals surface area contributed by atoms with Gasteiger partial charge in [-0.3, -0.25) is 4.79 Å². The van der Waals surface area contributed by atoms with Crippen LogP contribution in [0.1, 0.15) is 27.4 Å². The van der Waals surface area contributed by atoms with Gasteiger partial charge in [-0.05, 0) is 40.5 Å². The zero-order valence-corrected chi connectivity index (χ0v) is 18.0. The molecule has 2 amide bonds. The number of benzene rings is 3. The Morgan fingerprint density at radius 2 is 1.62 bits per heavy atom. The second-order valence-corrected chi connectivity index (χ2v) is 7.63. The number of amides is 2. The smallest absolute Gasteiger partial charge is 0.407 e. The molecule has 0 atom stereocenters. The van der Waals surface area contributed by atoms with E-state index >= 15 is 0 Å². The molecule has 0 heterocycles. The van der Waals surface area contributed by atoms with Gasteiger partial charge in [0.25, 0.3) is 0 Å². The second kappa shape index (κ2) is 9.99. The first kappa shape index (κ1) is 22.7. The first-order valence-corrected chi connectivity index (χ1v) is 10.5. The van der Waals surface area contributed by atoms with Crippen molar-refractivity contribution in [2.75, 3.05) is 18.5 Å². The molecule has 1 aliphatic rings. The highest BCUT2D eigenvalue weighted by Gasteiger charge is 2.28. The number of rotatable bonds is 7. The van der Waals surface area contributed by atoms with Crippen molar-refractivity contribution in [2.24, 2.45) is 0 Å². The number of nitrogens with one attached hydrogen (secondary N) is 2. The van der Waals surface area contributed by atoms with Gasteiger partial charge in [-0.15, -0.1) is 0 Å². The van der Waals surface area contributed by atoms with E-state index in [1.807, 2.05) is 36.4 Å². The second-order valence-electron chi connectivity index (χ2n) is 7.63. The number of alkyl carbamates (subject to hydrolysis) is 1. The van der Waals surface area contributed by atoms with Crippen molar-refractivity contribution in [3.05, 3.63) is 101 Å². The van der Waals surface area contributed by atoms with Gasteiger partial charge < -0.3 is 20.5 Å². The van der Waals surface area contributed by atoms with Crippen LogP contribution in [0.15, 0.2) is 78.9 Å². The largest absolute Gasteiger partial charge is 0.478 e. The van der Waals surface area contributed by atoms with Gasteiger partial charge in [0.05, 0.1) is 5.56 Å². The Balaban J connectivity index is 1.27. The molecule has 0 saturated carbocycles. The van der Waals surface area contributed by atoms with Gasteiger partial charge in [0.15, 0.2) is 0 Å². The summed E-state index contributed by atoms with van der Waals surface area (Å²) in [5.41, 5.74) is 4.21. The first-order chi connectivity index (χ1) is 16.4. The molecular weight excluding hydrogens is 439 g/mol. The number of ether oxygens (including phenoxy) is 1. The minimum absolute atomic E-state index is 0.0107. The number of anilines is 1. The highest BCUT2D eigenvalue weighted by Crippen LogP contribution is 2.44. The van der Waals surface area contributed by atoms with Gasteiger partial charge in [-0.25, -0.2) is 14.0 Å². The number of carboxylic acids is 1. The molecule has 3 N–H and O–H groups in total. The van der Waals surface area contributed by atoms with Crippen LogP contribution in [0.25, 0.3) is 11.1 Å². The van der Waals surface area contributed by atoms with E-state index in [0.29, 0.717) is 0 Å². The van der Waals surface area contributed by atoms with Crippen molar-refractivity contribution in [3.63, 3.8) is 0 Å². The molecule has 0 bridgehead atoms. The molecule has 0 radical (unpaired) electrons. The van der Waals surface area contributed by atoms with Gasteiger partial charge in [-0.2, -0.15) is 0 Å². The maximum atomic E-state index is 13.5. The summed E-state index contributed by atoms with van der Waals surface area (Å²) in [5.74, 6) is -2.74. The lowest BCUT2D eigenvalue weighted by Crippen LogP contribution is -2.26. The van der Waals surface area contributed by atoms with Crippen molar-refractivity contribution in [1.29, 1.82) is 0 Å². The van der Waals surface area contributed by atoms with E-state index < -0.39 is 23.8 Å². The normalized spacial score (nSPS) is 12.1. The van der Waals surface area contributed by atoms with Gasteiger partial charge in [0.2, 0.25) is 5.91 Å². The van der Waals surface area contributed by atoms with Crippen LogP contribution in [-0.4, -0.2) is 36.2 Å². The predicted octanol–water partition coefficient (Wildman–Crippen LogP) is 4.56. The Bertz CT molecular complexity index is 1240. The maximum absolute atomic E-state index is 13.5. The fourth-order valence-electron chi connectivity index (χ4n) is 3.93. The number of fused-ring (bicyclic) bond motifs is 3. The summed E-state index contributed by atoms with van der Waals surface area (Å²) < 4.78 is 18.9. The van der Waals surface area contributed by atoms with Crippen LogP contribution < -0.4 is 10.6 Å². The Labute approximate surface area is 194 Å². The molecule has 0 saturated heterocycles. The van der Waals surface area contributed by atoms with Gasteiger partial charge in [0, 0.05) is 24.2 Å². The molecular formula is C26H21FN2O5. The van der Waals surface area contributed by atoms with Crippen LogP contribution in [0.5, 0.6) is 0 Å². The third-order valence-electron chi connectivity index (χ3n) is 5.39. The van der Waals surface area contributed by atoms with E-state index in [4.69, 9.17) is 9.84 Å². The molecule has 3 aromatic carbocycles. The Morgan fingerprint density at radius 3 is 2.26 bits per heavy atom. The van der Waals surface area contributed by atoms with Crippen molar-refractivity contribution in [1.82, 2.24) is 5.32 Å². The summed E-state index contributed by atoms with van der Waals surface area (Å²) in [6, 6.07) is 19.0. The van der Waals surface area contributed by atoms with Crippen LogP contribution >= 0.6 is 0 Å². The van der Waals surface area contributed by atoms with E-state index in [2.05, 4.69) is 22.8 Å². The molecule has 0 aromatic heterocycles. The molecule has 172 valence electrons. The molecule has 0 aliphatic heterocycles. The minimum atomic E-state index is -1.31. The number of aromatic carboxylic acids is 1. The van der Waals surface area contributed by atoms with Gasteiger partial charge in [-0.1, -0.05) is 54.6 Å². The lowest BCUT2D eigenvalue weighted by atomic mass is 9.98. The van der Waals surface area contributed by atoms with Crippen molar-refractivity contribution in [3.8, 4) is 11.1 Å². The Morgan fingerprint density at radius 1 is 0.971 bits per heavy atom. The maximum Gasteiger partial charge on any atom is 0.407 e. The lowest BCUT2D eigenvalue weighted by molar-refractivity contribution is -0.111. The quantitative estimate of drug-likeness (QED) is 0.449. The highest BCUT2D eigenvalue weighted by atomic mass is 19.1. The van der Waals surface area contributed by atoms with Crippen LogP contribution in [-0.2, 0) is 9.53 Å². The van der Waals surface area contributed by atoms with Gasteiger partial charge >= 0.3 is 12.1 Å². The molecule has 0 spiro atoms. The summed E-state index contributed by atoms with van der Waals surface area (Å²) >= 11 is 0. The predicted molar refractivity (Wildman–Crippen MR) is 124 cm³/mol. The summed E-state index contributed by atoms with van der Waals surface area (Å²) in [4.78, 5) is 35.1.